The third-order valence-corrected chi connectivity index (χ3v) is 6.22. The highest BCUT2D eigenvalue weighted by Crippen LogP contribution is 2.35. The van der Waals surface area contributed by atoms with Crippen LogP contribution in [0, 0.1) is 0 Å². The quantitative estimate of drug-likeness (QED) is 0.376. The zero-order valence-electron chi connectivity index (χ0n) is 18.2. The van der Waals surface area contributed by atoms with E-state index in [0.29, 0.717) is 30.5 Å². The third-order valence-electron chi connectivity index (χ3n) is 6.22. The topological polar surface area (TPSA) is 82.1 Å². The second-order valence-electron chi connectivity index (χ2n) is 8.40. The minimum absolute atomic E-state index is 0.156. The van der Waals surface area contributed by atoms with E-state index in [0.717, 1.165) is 19.5 Å². The minimum Gasteiger partial charge on any atom is -0.395 e. The number of anilines is 1. The maximum atomic E-state index is 8.77. The summed E-state index contributed by atoms with van der Waals surface area (Å²) in [6.07, 6.45) is 7.41. The molecule has 2 aromatic carbocycles. The lowest BCUT2D eigenvalue weighted by atomic mass is 9.98. The van der Waals surface area contributed by atoms with Crippen molar-refractivity contribution in [2.45, 2.75) is 44.2 Å². The van der Waals surface area contributed by atoms with Gasteiger partial charge in [0.2, 0.25) is 5.95 Å². The second kappa shape index (κ2) is 10.7. The number of aliphatic hydroxyl groups is 1. The molecule has 0 aliphatic heterocycles. The highest BCUT2D eigenvalue weighted by Gasteiger charge is 2.27. The molecule has 164 valence electrons. The fourth-order valence-electron chi connectivity index (χ4n) is 4.61. The highest BCUT2D eigenvalue weighted by atomic mass is 16.3. The Labute approximate surface area is 184 Å². The van der Waals surface area contributed by atoms with E-state index in [-0.39, 0.29) is 6.61 Å². The first-order valence-electron chi connectivity index (χ1n) is 11.4. The Morgan fingerprint density at radius 3 is 2.65 bits per heavy atom. The van der Waals surface area contributed by atoms with Crippen molar-refractivity contribution in [2.75, 3.05) is 31.6 Å². The molecule has 31 heavy (non-hydrogen) atoms. The molecule has 1 aliphatic rings. The molecule has 3 unspecified atom stereocenters. The normalized spacial score (nSPS) is 19.5. The molecule has 0 bridgehead atoms. The first kappa shape index (κ1) is 21.7. The van der Waals surface area contributed by atoms with Gasteiger partial charge in [-0.15, -0.1) is 0 Å². The molecule has 0 saturated heterocycles. The molecule has 1 fully saturated rings. The predicted molar refractivity (Wildman–Crippen MR) is 126 cm³/mol. The van der Waals surface area contributed by atoms with Crippen LogP contribution in [0.4, 0.5) is 5.95 Å². The molecule has 3 atom stereocenters. The first-order chi connectivity index (χ1) is 15.2. The molecular formula is C25H33N5O. The molecule has 1 aromatic heterocycles. The van der Waals surface area contributed by atoms with Crippen molar-refractivity contribution < 1.29 is 5.11 Å². The molecule has 3 aromatic rings. The summed E-state index contributed by atoms with van der Waals surface area (Å²) in [6, 6.07) is 16.0. The Morgan fingerprint density at radius 1 is 1.00 bits per heavy atom. The van der Waals surface area contributed by atoms with Crippen molar-refractivity contribution in [2.24, 2.45) is 0 Å². The largest absolute Gasteiger partial charge is 0.395 e. The van der Waals surface area contributed by atoms with Crippen LogP contribution in [0.3, 0.4) is 0 Å². The molecule has 4 rings (SSSR count). The van der Waals surface area contributed by atoms with Gasteiger partial charge in [-0.25, -0.2) is 9.97 Å². The number of aromatic nitrogens is 2. The lowest BCUT2D eigenvalue weighted by molar-refractivity contribution is 0.293. The van der Waals surface area contributed by atoms with E-state index in [1.165, 1.54) is 34.7 Å². The number of nitrogens with one attached hydrogen (secondary N) is 3. The Morgan fingerprint density at radius 2 is 1.81 bits per heavy atom. The Hall–Kier alpha value is -2.54. The van der Waals surface area contributed by atoms with Crippen LogP contribution >= 0.6 is 0 Å². The number of rotatable bonds is 10. The van der Waals surface area contributed by atoms with E-state index in [4.69, 9.17) is 5.11 Å². The van der Waals surface area contributed by atoms with E-state index >= 15 is 0 Å². The number of aliphatic hydroxyl groups excluding tert-OH is 1. The van der Waals surface area contributed by atoms with Crippen LogP contribution < -0.4 is 16.0 Å². The smallest absolute Gasteiger partial charge is 0.222 e. The summed E-state index contributed by atoms with van der Waals surface area (Å²) in [4.78, 5) is 8.98. The van der Waals surface area contributed by atoms with Gasteiger partial charge >= 0.3 is 0 Å². The third kappa shape index (κ3) is 5.58. The van der Waals surface area contributed by atoms with Crippen molar-refractivity contribution >= 4 is 16.7 Å². The van der Waals surface area contributed by atoms with E-state index in [2.05, 4.69) is 75.3 Å². The number of hydrogen-bond acceptors (Lipinski definition) is 6. The molecule has 4 N–H and O–H groups in total. The molecule has 6 heteroatoms. The van der Waals surface area contributed by atoms with Crippen LogP contribution in [0.25, 0.3) is 10.8 Å². The number of fused-ring (bicyclic) bond motifs is 1. The van der Waals surface area contributed by atoms with Gasteiger partial charge in [0.15, 0.2) is 0 Å². The average Bonchev–Trinajstić information content (AvgIpc) is 3.27. The maximum Gasteiger partial charge on any atom is 0.222 e. The van der Waals surface area contributed by atoms with Crippen LogP contribution in [0.5, 0.6) is 0 Å². The predicted octanol–water partition coefficient (Wildman–Crippen LogP) is 3.61. The fraction of sp³-hybridized carbons (Fsp3) is 0.440. The van der Waals surface area contributed by atoms with Gasteiger partial charge in [-0.05, 0) is 54.0 Å². The SMILES string of the molecule is CC(NC1CCC(c2cnc(NCCNCCO)nc2)C1)c1cccc2ccccc12. The fourth-order valence-corrected chi connectivity index (χ4v) is 4.61. The van der Waals surface area contributed by atoms with Crippen molar-refractivity contribution in [1.82, 2.24) is 20.6 Å². The standard InChI is InChI=1S/C25H33N5O/c1-18(23-8-4-6-19-5-2-3-7-24(19)23)30-22-10-9-20(15-22)21-16-28-25(29-17-21)27-12-11-26-13-14-31/h2-8,16-18,20,22,26,30-31H,9-15H2,1H3,(H,27,28,29). The van der Waals surface area contributed by atoms with Gasteiger partial charge in [0.1, 0.15) is 0 Å². The Balaban J connectivity index is 1.30. The van der Waals surface area contributed by atoms with Crippen molar-refractivity contribution in [3.05, 3.63) is 66.0 Å². The van der Waals surface area contributed by atoms with Crippen LogP contribution in [-0.4, -0.2) is 47.4 Å². The summed E-state index contributed by atoms with van der Waals surface area (Å²) < 4.78 is 0. The summed E-state index contributed by atoms with van der Waals surface area (Å²) in [7, 11) is 0. The molecule has 0 radical (unpaired) electrons. The summed E-state index contributed by atoms with van der Waals surface area (Å²) >= 11 is 0. The summed E-state index contributed by atoms with van der Waals surface area (Å²) in [5.41, 5.74) is 2.60. The lowest BCUT2D eigenvalue weighted by Gasteiger charge is -2.21. The van der Waals surface area contributed by atoms with Gasteiger partial charge < -0.3 is 21.1 Å². The van der Waals surface area contributed by atoms with Gasteiger partial charge in [-0.1, -0.05) is 42.5 Å². The van der Waals surface area contributed by atoms with Gasteiger partial charge in [-0.2, -0.15) is 0 Å². The number of benzene rings is 2. The van der Waals surface area contributed by atoms with Crippen LogP contribution in [0.1, 0.15) is 49.3 Å². The van der Waals surface area contributed by atoms with E-state index < -0.39 is 0 Å². The molecular weight excluding hydrogens is 386 g/mol. The van der Waals surface area contributed by atoms with Gasteiger partial charge in [-0.3, -0.25) is 0 Å². The zero-order valence-corrected chi connectivity index (χ0v) is 18.2. The lowest BCUT2D eigenvalue weighted by Crippen LogP contribution is -2.29. The molecule has 0 spiro atoms. The molecule has 0 amide bonds. The monoisotopic (exact) mass is 419 g/mol. The summed E-state index contributed by atoms with van der Waals surface area (Å²) in [5.74, 6) is 1.17. The molecule has 1 saturated carbocycles. The van der Waals surface area contributed by atoms with Gasteiger partial charge in [0, 0.05) is 44.1 Å². The average molecular weight is 420 g/mol. The summed E-state index contributed by atoms with van der Waals surface area (Å²) in [5, 5.41) is 21.6. The van der Waals surface area contributed by atoms with E-state index in [1.54, 1.807) is 0 Å². The molecule has 6 nitrogen and oxygen atoms in total. The van der Waals surface area contributed by atoms with Crippen LogP contribution in [0.15, 0.2) is 54.9 Å². The number of nitrogens with zero attached hydrogens (tertiary/aromatic N) is 2. The van der Waals surface area contributed by atoms with Crippen LogP contribution in [0.2, 0.25) is 0 Å². The second-order valence-corrected chi connectivity index (χ2v) is 8.40. The van der Waals surface area contributed by atoms with E-state index in [1.807, 2.05) is 12.4 Å². The van der Waals surface area contributed by atoms with Gasteiger partial charge in [0.05, 0.1) is 6.61 Å². The molecule has 1 aliphatic carbocycles. The Kier molecular flexibility index (Phi) is 7.46. The first-order valence-corrected chi connectivity index (χ1v) is 11.4. The minimum atomic E-state index is 0.156. The van der Waals surface area contributed by atoms with Crippen molar-refractivity contribution in [1.29, 1.82) is 0 Å². The zero-order chi connectivity index (χ0) is 21.5. The van der Waals surface area contributed by atoms with Crippen molar-refractivity contribution in [3.8, 4) is 0 Å². The van der Waals surface area contributed by atoms with Crippen LogP contribution in [-0.2, 0) is 0 Å². The summed E-state index contributed by atoms with van der Waals surface area (Å²) in [6.45, 7) is 4.55. The maximum absolute atomic E-state index is 8.77. The van der Waals surface area contributed by atoms with Crippen molar-refractivity contribution in [3.63, 3.8) is 0 Å². The Bertz CT molecular complexity index is 956. The van der Waals surface area contributed by atoms with E-state index in [9.17, 15) is 0 Å². The highest BCUT2D eigenvalue weighted by molar-refractivity contribution is 5.86. The number of hydrogen-bond donors (Lipinski definition) is 4. The molecule has 1 heterocycles. The van der Waals surface area contributed by atoms with Gasteiger partial charge in [0.25, 0.3) is 0 Å².